The van der Waals surface area contributed by atoms with Gasteiger partial charge in [0.25, 0.3) is 0 Å². The van der Waals surface area contributed by atoms with Gasteiger partial charge >= 0.3 is 0 Å². The second-order valence-corrected chi connectivity index (χ2v) is 6.75. The first-order chi connectivity index (χ1) is 9.04. The van der Waals surface area contributed by atoms with Crippen LogP contribution in [0.1, 0.15) is 37.8 Å². The van der Waals surface area contributed by atoms with Crippen LogP contribution in [0.5, 0.6) is 5.75 Å². The molecule has 1 aliphatic carbocycles. The molecular formula is C17H25NO. The third kappa shape index (κ3) is 1.97. The van der Waals surface area contributed by atoms with E-state index in [4.69, 9.17) is 4.74 Å². The SMILES string of the molecule is COc1ccc2c(c1)C(C)(C)[C@@H]1CCCN(C)[C@H]1C2. The van der Waals surface area contributed by atoms with Crippen LogP contribution in [0.2, 0.25) is 0 Å². The summed E-state index contributed by atoms with van der Waals surface area (Å²) in [7, 11) is 4.05. The molecule has 3 rings (SSSR count). The van der Waals surface area contributed by atoms with Gasteiger partial charge in [-0.1, -0.05) is 19.9 Å². The van der Waals surface area contributed by atoms with Crippen LogP contribution in [-0.2, 0) is 11.8 Å². The van der Waals surface area contributed by atoms with E-state index in [1.807, 2.05) is 0 Å². The fourth-order valence-electron chi connectivity index (χ4n) is 4.25. The number of benzene rings is 1. The number of nitrogens with zero attached hydrogens (tertiary/aromatic N) is 1. The zero-order chi connectivity index (χ0) is 13.6. The maximum atomic E-state index is 5.42. The molecule has 1 aromatic rings. The summed E-state index contributed by atoms with van der Waals surface area (Å²) in [6, 6.07) is 7.36. The molecule has 0 N–H and O–H groups in total. The Labute approximate surface area is 116 Å². The molecule has 1 heterocycles. The number of hydrogen-bond donors (Lipinski definition) is 0. The van der Waals surface area contributed by atoms with E-state index in [-0.39, 0.29) is 5.41 Å². The Balaban J connectivity index is 2.07. The molecule has 1 aromatic carbocycles. The quantitative estimate of drug-likeness (QED) is 0.767. The van der Waals surface area contributed by atoms with Crippen molar-refractivity contribution in [2.45, 2.75) is 44.6 Å². The Hall–Kier alpha value is -1.02. The predicted molar refractivity (Wildman–Crippen MR) is 78.9 cm³/mol. The first kappa shape index (κ1) is 13.0. The van der Waals surface area contributed by atoms with E-state index in [0.717, 1.165) is 11.7 Å². The van der Waals surface area contributed by atoms with E-state index >= 15 is 0 Å². The number of ether oxygens (including phenoxy) is 1. The molecule has 0 aromatic heterocycles. The van der Waals surface area contributed by atoms with Crippen molar-refractivity contribution in [2.24, 2.45) is 5.92 Å². The molecule has 1 fully saturated rings. The van der Waals surface area contributed by atoms with Crippen molar-refractivity contribution in [1.29, 1.82) is 0 Å². The lowest BCUT2D eigenvalue weighted by Gasteiger charge is -2.51. The van der Waals surface area contributed by atoms with Gasteiger partial charge in [-0.25, -0.2) is 0 Å². The first-order valence-electron chi connectivity index (χ1n) is 7.41. The highest BCUT2D eigenvalue weighted by Gasteiger charge is 2.45. The molecule has 0 unspecified atom stereocenters. The lowest BCUT2D eigenvalue weighted by atomic mass is 9.60. The van der Waals surface area contributed by atoms with Crippen LogP contribution in [0.4, 0.5) is 0 Å². The van der Waals surface area contributed by atoms with Crippen molar-refractivity contribution in [2.75, 3.05) is 20.7 Å². The van der Waals surface area contributed by atoms with Crippen LogP contribution in [0.25, 0.3) is 0 Å². The summed E-state index contributed by atoms with van der Waals surface area (Å²) in [4.78, 5) is 2.57. The van der Waals surface area contributed by atoms with E-state index < -0.39 is 0 Å². The number of likely N-dealkylation sites (N-methyl/N-ethyl adjacent to an activating group) is 1. The van der Waals surface area contributed by atoms with Crippen LogP contribution in [-0.4, -0.2) is 31.6 Å². The number of piperidine rings is 1. The predicted octanol–water partition coefficient (Wildman–Crippen LogP) is 3.24. The van der Waals surface area contributed by atoms with E-state index in [2.05, 4.69) is 44.0 Å². The minimum absolute atomic E-state index is 0.251. The minimum Gasteiger partial charge on any atom is -0.497 e. The smallest absolute Gasteiger partial charge is 0.119 e. The highest BCUT2D eigenvalue weighted by atomic mass is 16.5. The van der Waals surface area contributed by atoms with Gasteiger partial charge in [-0.15, -0.1) is 0 Å². The lowest BCUT2D eigenvalue weighted by Crippen LogP contribution is -2.53. The van der Waals surface area contributed by atoms with E-state index in [1.165, 1.54) is 36.9 Å². The van der Waals surface area contributed by atoms with Crippen molar-refractivity contribution < 1.29 is 4.74 Å². The second-order valence-electron chi connectivity index (χ2n) is 6.75. The maximum absolute atomic E-state index is 5.42. The summed E-state index contributed by atoms with van der Waals surface area (Å²) in [6.45, 7) is 6.09. The first-order valence-corrected chi connectivity index (χ1v) is 7.41. The number of hydrogen-bond acceptors (Lipinski definition) is 2. The van der Waals surface area contributed by atoms with Crippen LogP contribution in [0.15, 0.2) is 18.2 Å². The van der Waals surface area contributed by atoms with Crippen molar-refractivity contribution in [3.63, 3.8) is 0 Å². The number of likely N-dealkylation sites (tertiary alicyclic amines) is 1. The molecular weight excluding hydrogens is 234 g/mol. The number of fused-ring (bicyclic) bond motifs is 2. The fraction of sp³-hybridized carbons (Fsp3) is 0.647. The van der Waals surface area contributed by atoms with Crippen LogP contribution in [0, 0.1) is 5.92 Å². The average molecular weight is 259 g/mol. The van der Waals surface area contributed by atoms with Gasteiger partial charge in [0.1, 0.15) is 5.75 Å². The molecule has 0 spiro atoms. The molecule has 2 aliphatic rings. The van der Waals surface area contributed by atoms with Gasteiger partial charge in [0.15, 0.2) is 0 Å². The normalized spacial score (nSPS) is 29.5. The highest BCUT2D eigenvalue weighted by molar-refractivity contribution is 5.43. The maximum Gasteiger partial charge on any atom is 0.119 e. The zero-order valence-electron chi connectivity index (χ0n) is 12.6. The lowest BCUT2D eigenvalue weighted by molar-refractivity contribution is 0.0637. The topological polar surface area (TPSA) is 12.5 Å². The molecule has 2 heteroatoms. The van der Waals surface area contributed by atoms with Crippen LogP contribution >= 0.6 is 0 Å². The average Bonchev–Trinajstić information content (AvgIpc) is 2.40. The monoisotopic (exact) mass is 259 g/mol. The summed E-state index contributed by atoms with van der Waals surface area (Å²) >= 11 is 0. The van der Waals surface area contributed by atoms with E-state index in [1.54, 1.807) is 7.11 Å². The highest BCUT2D eigenvalue weighted by Crippen LogP contribution is 2.47. The Morgan fingerprint density at radius 1 is 1.32 bits per heavy atom. The van der Waals surface area contributed by atoms with Gasteiger partial charge < -0.3 is 9.64 Å². The summed E-state index contributed by atoms with van der Waals surface area (Å²) < 4.78 is 5.42. The summed E-state index contributed by atoms with van der Waals surface area (Å²) in [5.41, 5.74) is 3.27. The number of rotatable bonds is 1. The Kier molecular flexibility index (Phi) is 3.09. The molecule has 1 saturated heterocycles. The molecule has 104 valence electrons. The molecule has 19 heavy (non-hydrogen) atoms. The fourth-order valence-corrected chi connectivity index (χ4v) is 4.25. The van der Waals surface area contributed by atoms with Crippen molar-refractivity contribution in [3.05, 3.63) is 29.3 Å². The van der Waals surface area contributed by atoms with Crippen molar-refractivity contribution in [3.8, 4) is 5.75 Å². The number of methoxy groups -OCH3 is 1. The molecule has 0 amide bonds. The Bertz CT molecular complexity index is 480. The Morgan fingerprint density at radius 3 is 2.84 bits per heavy atom. The van der Waals surface area contributed by atoms with Gasteiger partial charge in [0, 0.05) is 6.04 Å². The summed E-state index contributed by atoms with van der Waals surface area (Å²) in [5.74, 6) is 1.76. The van der Waals surface area contributed by atoms with Gasteiger partial charge in [-0.2, -0.15) is 0 Å². The molecule has 2 nitrogen and oxygen atoms in total. The largest absolute Gasteiger partial charge is 0.497 e. The minimum atomic E-state index is 0.251. The van der Waals surface area contributed by atoms with Gasteiger partial charge in [0.05, 0.1) is 7.11 Å². The van der Waals surface area contributed by atoms with Gasteiger partial charge in [0.2, 0.25) is 0 Å². The molecule has 2 atom stereocenters. The van der Waals surface area contributed by atoms with Gasteiger partial charge in [-0.3, -0.25) is 0 Å². The zero-order valence-corrected chi connectivity index (χ0v) is 12.6. The third-order valence-corrected chi connectivity index (χ3v) is 5.42. The summed E-state index contributed by atoms with van der Waals surface area (Å²) in [5, 5.41) is 0. The standard InChI is InChI=1S/C17H25NO/c1-17(2)14-6-5-9-18(3)16(14)10-12-7-8-13(19-4)11-15(12)17/h7-8,11,14,16H,5-6,9-10H2,1-4H3/t14-,16+/m1/s1. The van der Waals surface area contributed by atoms with Crippen molar-refractivity contribution >= 4 is 0 Å². The molecule has 1 aliphatic heterocycles. The molecule has 0 radical (unpaired) electrons. The molecule has 0 bridgehead atoms. The van der Waals surface area contributed by atoms with Crippen LogP contribution < -0.4 is 4.74 Å². The second kappa shape index (κ2) is 4.52. The Morgan fingerprint density at radius 2 is 2.11 bits per heavy atom. The van der Waals surface area contributed by atoms with E-state index in [9.17, 15) is 0 Å². The van der Waals surface area contributed by atoms with E-state index in [0.29, 0.717) is 6.04 Å². The third-order valence-electron chi connectivity index (χ3n) is 5.42. The van der Waals surface area contributed by atoms with Gasteiger partial charge in [-0.05, 0) is 67.4 Å². The van der Waals surface area contributed by atoms with Crippen molar-refractivity contribution in [1.82, 2.24) is 4.90 Å². The van der Waals surface area contributed by atoms with Crippen LogP contribution in [0.3, 0.4) is 0 Å². The molecule has 0 saturated carbocycles. The summed E-state index contributed by atoms with van der Waals surface area (Å²) in [6.07, 6.45) is 3.89.